The predicted molar refractivity (Wildman–Crippen MR) is 61.1 cm³/mol. The lowest BCUT2D eigenvalue weighted by atomic mass is 10.2. The van der Waals surface area contributed by atoms with Crippen LogP contribution in [-0.4, -0.2) is 60.4 Å². The van der Waals surface area contributed by atoms with Crippen LogP contribution in [0, 0.1) is 0 Å². The first-order valence-electron chi connectivity index (χ1n) is 5.60. The number of nitrogens with one attached hydrogen (secondary N) is 1. The van der Waals surface area contributed by atoms with E-state index in [0.717, 1.165) is 0 Å². The molecule has 1 aliphatic rings. The fourth-order valence-corrected chi connectivity index (χ4v) is 1.80. The highest BCUT2D eigenvalue weighted by Crippen LogP contribution is 2.10. The number of aliphatic hydroxyl groups is 1. The molecule has 0 amide bonds. The fourth-order valence-electron chi connectivity index (χ4n) is 1.80. The van der Waals surface area contributed by atoms with Crippen molar-refractivity contribution in [1.29, 1.82) is 0 Å². The number of rotatable bonds is 3. The number of likely N-dealkylation sites (N-methyl/N-ethyl adjacent to an activating group) is 1. The Bertz CT molecular complexity index is 250. The number of aliphatic hydroxyl groups excluding tert-OH is 1. The van der Waals surface area contributed by atoms with Gasteiger partial charge in [-0.05, 0) is 27.8 Å². The van der Waals surface area contributed by atoms with Crippen molar-refractivity contribution in [2.45, 2.75) is 38.5 Å². The number of nitrogens with zero attached hydrogens (tertiary/aromatic N) is 1. The maximum Gasteiger partial charge on any atom is 0.320 e. The molecule has 0 aromatic rings. The molecular formula is C11H22N2O3. The van der Waals surface area contributed by atoms with Crippen LogP contribution in [0.4, 0.5) is 0 Å². The van der Waals surface area contributed by atoms with Crippen molar-refractivity contribution in [3.8, 4) is 0 Å². The minimum absolute atomic E-state index is 0.00693. The second-order valence-electron chi connectivity index (χ2n) is 5.29. The maximum absolute atomic E-state index is 11.6. The third-order valence-corrected chi connectivity index (χ3v) is 2.52. The van der Waals surface area contributed by atoms with E-state index in [1.165, 1.54) is 0 Å². The van der Waals surface area contributed by atoms with Crippen LogP contribution in [0.1, 0.15) is 20.8 Å². The summed E-state index contributed by atoms with van der Waals surface area (Å²) in [5.41, 5.74) is -0.454. The Morgan fingerprint density at radius 2 is 2.12 bits per heavy atom. The minimum Gasteiger partial charge on any atom is -0.459 e. The fraction of sp³-hybridized carbons (Fsp3) is 0.909. The van der Waals surface area contributed by atoms with E-state index in [4.69, 9.17) is 4.74 Å². The molecule has 5 nitrogen and oxygen atoms in total. The lowest BCUT2D eigenvalue weighted by Crippen LogP contribution is -2.44. The molecule has 0 unspecified atom stereocenters. The lowest BCUT2D eigenvalue weighted by molar-refractivity contribution is -0.156. The van der Waals surface area contributed by atoms with Crippen molar-refractivity contribution in [3.63, 3.8) is 0 Å². The van der Waals surface area contributed by atoms with Gasteiger partial charge in [0.05, 0.1) is 12.6 Å². The van der Waals surface area contributed by atoms with Crippen molar-refractivity contribution in [2.24, 2.45) is 0 Å². The Labute approximate surface area is 96.8 Å². The molecule has 1 saturated heterocycles. The van der Waals surface area contributed by atoms with Gasteiger partial charge in [0, 0.05) is 19.1 Å². The summed E-state index contributed by atoms with van der Waals surface area (Å²) in [6.45, 7) is 7.04. The van der Waals surface area contributed by atoms with E-state index in [1.54, 1.807) is 0 Å². The molecule has 0 bridgehead atoms. The topological polar surface area (TPSA) is 61.8 Å². The molecule has 94 valence electrons. The van der Waals surface area contributed by atoms with Crippen LogP contribution in [-0.2, 0) is 9.53 Å². The third-order valence-electron chi connectivity index (χ3n) is 2.52. The monoisotopic (exact) mass is 230 g/mol. The van der Waals surface area contributed by atoms with Gasteiger partial charge in [0.25, 0.3) is 0 Å². The van der Waals surface area contributed by atoms with Crippen LogP contribution in [0.25, 0.3) is 0 Å². The van der Waals surface area contributed by atoms with E-state index >= 15 is 0 Å². The molecule has 1 aliphatic heterocycles. The van der Waals surface area contributed by atoms with Gasteiger partial charge in [-0.15, -0.1) is 0 Å². The Balaban J connectivity index is 2.39. The zero-order valence-electron chi connectivity index (χ0n) is 10.5. The molecule has 5 heteroatoms. The van der Waals surface area contributed by atoms with E-state index in [-0.39, 0.29) is 18.6 Å². The Kier molecular flexibility index (Phi) is 4.29. The molecule has 1 fully saturated rings. The van der Waals surface area contributed by atoms with Crippen LogP contribution in [0.5, 0.6) is 0 Å². The Morgan fingerprint density at radius 1 is 1.50 bits per heavy atom. The second kappa shape index (κ2) is 5.12. The molecule has 0 aliphatic carbocycles. The molecule has 2 N–H and O–H groups in total. The molecule has 0 radical (unpaired) electrons. The summed E-state index contributed by atoms with van der Waals surface area (Å²) >= 11 is 0. The first-order valence-corrected chi connectivity index (χ1v) is 5.60. The zero-order chi connectivity index (χ0) is 12.3. The lowest BCUT2D eigenvalue weighted by Gasteiger charge is -2.27. The van der Waals surface area contributed by atoms with Gasteiger partial charge >= 0.3 is 5.97 Å². The van der Waals surface area contributed by atoms with E-state index in [9.17, 15) is 9.90 Å². The first kappa shape index (κ1) is 13.4. The van der Waals surface area contributed by atoms with Crippen molar-refractivity contribution in [3.05, 3.63) is 0 Å². The first-order chi connectivity index (χ1) is 7.29. The molecule has 0 aromatic carbocycles. The number of hydrogen-bond acceptors (Lipinski definition) is 5. The molecule has 0 aromatic heterocycles. The predicted octanol–water partition coefficient (Wildman–Crippen LogP) is -0.407. The summed E-state index contributed by atoms with van der Waals surface area (Å²) in [6.07, 6.45) is -0.410. The number of hydrogen-bond donors (Lipinski definition) is 2. The summed E-state index contributed by atoms with van der Waals surface area (Å²) in [6, 6.07) is -0.00693. The summed E-state index contributed by atoms with van der Waals surface area (Å²) < 4.78 is 5.22. The molecule has 1 heterocycles. The van der Waals surface area contributed by atoms with Crippen LogP contribution in [0.2, 0.25) is 0 Å². The summed E-state index contributed by atoms with van der Waals surface area (Å²) in [5.74, 6) is -0.255. The highest BCUT2D eigenvalue weighted by molar-refractivity contribution is 5.72. The van der Waals surface area contributed by atoms with Crippen LogP contribution < -0.4 is 5.32 Å². The van der Waals surface area contributed by atoms with E-state index < -0.39 is 11.7 Å². The number of β-amino-alcohol motifs (C(OH)–C–C–N with tert-alkyl or cyclic N) is 1. The van der Waals surface area contributed by atoms with Crippen LogP contribution in [0.15, 0.2) is 0 Å². The van der Waals surface area contributed by atoms with Gasteiger partial charge in [-0.2, -0.15) is 0 Å². The smallest absolute Gasteiger partial charge is 0.320 e. The highest BCUT2D eigenvalue weighted by atomic mass is 16.6. The average molecular weight is 230 g/mol. The van der Waals surface area contributed by atoms with Gasteiger partial charge in [-0.3, -0.25) is 9.69 Å². The van der Waals surface area contributed by atoms with Gasteiger partial charge in [-0.25, -0.2) is 0 Å². The van der Waals surface area contributed by atoms with Crippen LogP contribution >= 0.6 is 0 Å². The van der Waals surface area contributed by atoms with E-state index in [2.05, 4.69) is 5.32 Å². The third kappa shape index (κ3) is 4.08. The average Bonchev–Trinajstić information content (AvgIpc) is 2.47. The minimum atomic E-state index is -0.454. The Morgan fingerprint density at radius 3 is 2.56 bits per heavy atom. The number of carbonyl (C=O) groups excluding carboxylic acids is 1. The van der Waals surface area contributed by atoms with Gasteiger partial charge < -0.3 is 15.2 Å². The van der Waals surface area contributed by atoms with Gasteiger partial charge in [0.1, 0.15) is 5.60 Å². The quantitative estimate of drug-likeness (QED) is 0.646. The van der Waals surface area contributed by atoms with E-state index in [0.29, 0.717) is 13.1 Å². The number of ether oxygens (including phenoxy) is 1. The standard InChI is InChI=1S/C11H22N2O3/c1-11(2,3)16-10(15)7-13(4)8-5-12-6-9(8)14/h8-9,12,14H,5-7H2,1-4H3/t8-,9-/m1/s1. The van der Waals surface area contributed by atoms with Crippen molar-refractivity contribution in [2.75, 3.05) is 26.7 Å². The van der Waals surface area contributed by atoms with Crippen molar-refractivity contribution >= 4 is 5.97 Å². The molecule has 16 heavy (non-hydrogen) atoms. The molecular weight excluding hydrogens is 208 g/mol. The largest absolute Gasteiger partial charge is 0.459 e. The molecule has 1 rings (SSSR count). The van der Waals surface area contributed by atoms with Gasteiger partial charge in [-0.1, -0.05) is 0 Å². The van der Waals surface area contributed by atoms with E-state index in [1.807, 2.05) is 32.7 Å². The Hall–Kier alpha value is -0.650. The van der Waals surface area contributed by atoms with Crippen molar-refractivity contribution < 1.29 is 14.6 Å². The maximum atomic E-state index is 11.6. The molecule has 2 atom stereocenters. The van der Waals surface area contributed by atoms with Gasteiger partial charge in [0.2, 0.25) is 0 Å². The summed E-state index contributed by atoms with van der Waals surface area (Å²) in [7, 11) is 1.82. The SMILES string of the molecule is CN(CC(=O)OC(C)(C)C)[C@@H]1CNC[C@H]1O. The van der Waals surface area contributed by atoms with Crippen LogP contribution in [0.3, 0.4) is 0 Å². The second-order valence-corrected chi connectivity index (χ2v) is 5.29. The normalized spacial score (nSPS) is 26.1. The summed E-state index contributed by atoms with van der Waals surface area (Å²) in [4.78, 5) is 13.4. The molecule has 0 saturated carbocycles. The van der Waals surface area contributed by atoms with Crippen molar-refractivity contribution in [1.82, 2.24) is 10.2 Å². The number of carbonyl (C=O) groups is 1. The van der Waals surface area contributed by atoms with Gasteiger partial charge in [0.15, 0.2) is 0 Å². The molecule has 0 spiro atoms. The number of esters is 1. The highest BCUT2D eigenvalue weighted by Gasteiger charge is 2.30. The zero-order valence-corrected chi connectivity index (χ0v) is 10.5. The summed E-state index contributed by atoms with van der Waals surface area (Å²) in [5, 5.41) is 12.7.